The number of nitrogens with one attached hydrogen (secondary N) is 1. The van der Waals surface area contributed by atoms with E-state index in [4.69, 9.17) is 5.73 Å². The number of rotatable bonds is 7. The maximum atomic E-state index is 12.2. The van der Waals surface area contributed by atoms with Crippen LogP contribution in [-0.2, 0) is 11.3 Å². The maximum Gasteiger partial charge on any atom is 0.220 e. The molecule has 0 aromatic carbocycles. The monoisotopic (exact) mass is 328 g/mol. The summed E-state index contributed by atoms with van der Waals surface area (Å²) in [5, 5.41) is 7.25. The molecular weight excluding hydrogens is 300 g/mol. The molecule has 126 valence electrons. The van der Waals surface area contributed by atoms with Gasteiger partial charge in [-0.15, -0.1) is 12.4 Å². The van der Waals surface area contributed by atoms with Gasteiger partial charge in [-0.3, -0.25) is 9.48 Å². The number of hydrogen-bond acceptors (Lipinski definition) is 3. The zero-order chi connectivity index (χ0) is 15.1. The van der Waals surface area contributed by atoms with Gasteiger partial charge in [0.05, 0.1) is 0 Å². The van der Waals surface area contributed by atoms with Crippen LogP contribution in [0.4, 0.5) is 0 Å². The molecule has 1 amide bonds. The van der Waals surface area contributed by atoms with Crippen molar-refractivity contribution < 1.29 is 4.79 Å². The summed E-state index contributed by atoms with van der Waals surface area (Å²) in [6.07, 6.45) is 10.2. The molecule has 6 heteroatoms. The van der Waals surface area contributed by atoms with E-state index in [0.717, 1.165) is 19.4 Å². The van der Waals surface area contributed by atoms with Gasteiger partial charge >= 0.3 is 0 Å². The first-order valence-electron chi connectivity index (χ1n) is 8.08. The van der Waals surface area contributed by atoms with Gasteiger partial charge in [-0.2, -0.15) is 5.10 Å². The lowest BCUT2D eigenvalue weighted by molar-refractivity contribution is -0.124. The molecule has 0 aliphatic heterocycles. The van der Waals surface area contributed by atoms with E-state index in [9.17, 15) is 4.79 Å². The minimum absolute atomic E-state index is 0. The van der Waals surface area contributed by atoms with Crippen LogP contribution >= 0.6 is 12.4 Å². The first-order valence-corrected chi connectivity index (χ1v) is 8.08. The molecule has 1 fully saturated rings. The first-order chi connectivity index (χ1) is 10.1. The third-order valence-corrected chi connectivity index (χ3v) is 4.59. The van der Waals surface area contributed by atoms with Crippen molar-refractivity contribution in [3.63, 3.8) is 0 Å². The van der Waals surface area contributed by atoms with Crippen LogP contribution in [0, 0.1) is 11.3 Å². The molecule has 5 nitrogen and oxygen atoms in total. The number of hydrogen-bond donors (Lipinski definition) is 2. The fourth-order valence-electron chi connectivity index (χ4n) is 3.24. The first kappa shape index (κ1) is 19.0. The summed E-state index contributed by atoms with van der Waals surface area (Å²) in [4.78, 5) is 12.2. The van der Waals surface area contributed by atoms with Crippen molar-refractivity contribution in [2.24, 2.45) is 17.1 Å². The van der Waals surface area contributed by atoms with Crippen molar-refractivity contribution in [1.29, 1.82) is 0 Å². The Kier molecular flexibility index (Phi) is 7.90. The molecule has 1 aromatic rings. The SMILES string of the molecule is CC(CNC(=O)CC1(CN)CCCCC1)Cn1cccn1.Cl. The molecule has 1 saturated carbocycles. The lowest BCUT2D eigenvalue weighted by Gasteiger charge is -2.35. The standard InChI is InChI=1S/C16H28N4O.ClH/c1-14(12-20-9-5-8-19-20)11-18-15(21)10-16(13-17)6-3-2-4-7-16;/h5,8-9,14H,2-4,6-7,10-13,17H2,1H3,(H,18,21);1H. The summed E-state index contributed by atoms with van der Waals surface area (Å²) in [6, 6.07) is 1.92. The molecule has 1 heterocycles. The number of amides is 1. The van der Waals surface area contributed by atoms with Crippen molar-refractivity contribution in [2.75, 3.05) is 13.1 Å². The molecule has 0 radical (unpaired) electrons. The smallest absolute Gasteiger partial charge is 0.220 e. The highest BCUT2D eigenvalue weighted by molar-refractivity contribution is 5.85. The zero-order valence-corrected chi connectivity index (χ0v) is 14.3. The Morgan fingerprint density at radius 3 is 2.73 bits per heavy atom. The van der Waals surface area contributed by atoms with E-state index in [-0.39, 0.29) is 23.7 Å². The Morgan fingerprint density at radius 1 is 1.41 bits per heavy atom. The van der Waals surface area contributed by atoms with Crippen LogP contribution in [0.15, 0.2) is 18.5 Å². The molecule has 3 N–H and O–H groups in total. The Hall–Kier alpha value is -1.07. The van der Waals surface area contributed by atoms with Gasteiger partial charge in [-0.05, 0) is 36.8 Å². The van der Waals surface area contributed by atoms with Gasteiger partial charge < -0.3 is 11.1 Å². The molecule has 1 aromatic heterocycles. The molecule has 1 unspecified atom stereocenters. The summed E-state index contributed by atoms with van der Waals surface area (Å²) >= 11 is 0. The van der Waals surface area contributed by atoms with Crippen LogP contribution in [0.3, 0.4) is 0 Å². The van der Waals surface area contributed by atoms with Crippen molar-refractivity contribution in [3.8, 4) is 0 Å². The number of carbonyl (C=O) groups is 1. The van der Waals surface area contributed by atoms with Crippen LogP contribution in [0.2, 0.25) is 0 Å². The summed E-state index contributed by atoms with van der Waals surface area (Å²) in [5.74, 6) is 0.517. The van der Waals surface area contributed by atoms with Crippen LogP contribution < -0.4 is 11.1 Å². The average molecular weight is 329 g/mol. The number of aromatic nitrogens is 2. The molecule has 0 spiro atoms. The second-order valence-electron chi connectivity index (χ2n) is 6.58. The molecular formula is C16H29ClN4O. The van der Waals surface area contributed by atoms with Crippen molar-refractivity contribution in [2.45, 2.75) is 52.0 Å². The third-order valence-electron chi connectivity index (χ3n) is 4.59. The van der Waals surface area contributed by atoms with Crippen LogP contribution in [-0.4, -0.2) is 28.8 Å². The van der Waals surface area contributed by atoms with Crippen molar-refractivity contribution in [1.82, 2.24) is 15.1 Å². The lowest BCUT2D eigenvalue weighted by Crippen LogP contribution is -2.39. The van der Waals surface area contributed by atoms with Crippen LogP contribution in [0.5, 0.6) is 0 Å². The van der Waals surface area contributed by atoms with E-state index >= 15 is 0 Å². The molecule has 0 bridgehead atoms. The molecule has 22 heavy (non-hydrogen) atoms. The highest BCUT2D eigenvalue weighted by atomic mass is 35.5. The van der Waals surface area contributed by atoms with E-state index in [1.54, 1.807) is 6.20 Å². The number of nitrogens with two attached hydrogens (primary N) is 1. The number of halogens is 1. The Balaban J connectivity index is 0.00000242. The predicted molar refractivity (Wildman–Crippen MR) is 90.8 cm³/mol. The van der Waals surface area contributed by atoms with Crippen molar-refractivity contribution >= 4 is 18.3 Å². The van der Waals surface area contributed by atoms with Crippen molar-refractivity contribution in [3.05, 3.63) is 18.5 Å². The third kappa shape index (κ3) is 5.61. The molecule has 1 atom stereocenters. The fraction of sp³-hybridized carbons (Fsp3) is 0.750. The van der Waals surface area contributed by atoms with Crippen LogP contribution in [0.1, 0.15) is 45.4 Å². The number of carbonyl (C=O) groups excluding carboxylic acids is 1. The van der Waals surface area contributed by atoms with Gasteiger partial charge in [-0.1, -0.05) is 26.2 Å². The highest BCUT2D eigenvalue weighted by Gasteiger charge is 2.32. The topological polar surface area (TPSA) is 72.9 Å². The minimum Gasteiger partial charge on any atom is -0.356 e. The van der Waals surface area contributed by atoms with Gasteiger partial charge in [0.25, 0.3) is 0 Å². The van der Waals surface area contributed by atoms with E-state index < -0.39 is 0 Å². The summed E-state index contributed by atoms with van der Waals surface area (Å²) < 4.78 is 1.90. The summed E-state index contributed by atoms with van der Waals surface area (Å²) in [6.45, 7) is 4.28. The second kappa shape index (κ2) is 9.16. The molecule has 0 saturated heterocycles. The zero-order valence-electron chi connectivity index (χ0n) is 13.5. The van der Waals surface area contributed by atoms with Gasteiger partial charge in [0, 0.05) is 31.9 Å². The van der Waals surface area contributed by atoms with Crippen LogP contribution in [0.25, 0.3) is 0 Å². The lowest BCUT2D eigenvalue weighted by atomic mass is 9.71. The van der Waals surface area contributed by atoms with Gasteiger partial charge in [0.2, 0.25) is 5.91 Å². The Morgan fingerprint density at radius 2 is 2.14 bits per heavy atom. The predicted octanol–water partition coefficient (Wildman–Crippen LogP) is 2.36. The highest BCUT2D eigenvalue weighted by Crippen LogP contribution is 2.38. The average Bonchev–Trinajstić information content (AvgIpc) is 2.99. The second-order valence-corrected chi connectivity index (χ2v) is 6.58. The van der Waals surface area contributed by atoms with Gasteiger partial charge in [0.15, 0.2) is 0 Å². The Bertz CT molecular complexity index is 429. The quantitative estimate of drug-likeness (QED) is 0.807. The van der Waals surface area contributed by atoms with E-state index in [1.807, 2.05) is 16.9 Å². The Labute approximate surface area is 139 Å². The molecule has 1 aliphatic rings. The normalized spacial score (nSPS) is 18.3. The largest absolute Gasteiger partial charge is 0.356 e. The van der Waals surface area contributed by atoms with E-state index in [0.29, 0.717) is 25.4 Å². The summed E-state index contributed by atoms with van der Waals surface area (Å²) in [5.41, 5.74) is 5.99. The van der Waals surface area contributed by atoms with E-state index in [1.165, 1.54) is 19.3 Å². The minimum atomic E-state index is 0. The molecule has 1 aliphatic carbocycles. The maximum absolute atomic E-state index is 12.2. The molecule has 2 rings (SSSR count). The van der Waals surface area contributed by atoms with Gasteiger partial charge in [-0.25, -0.2) is 0 Å². The van der Waals surface area contributed by atoms with E-state index in [2.05, 4.69) is 17.3 Å². The number of nitrogens with zero attached hydrogens (tertiary/aromatic N) is 2. The fourth-order valence-corrected chi connectivity index (χ4v) is 3.24. The summed E-state index contributed by atoms with van der Waals surface area (Å²) in [7, 11) is 0. The van der Waals surface area contributed by atoms with Gasteiger partial charge in [0.1, 0.15) is 0 Å².